The van der Waals surface area contributed by atoms with Gasteiger partial charge >= 0.3 is 0 Å². The first-order valence-corrected chi connectivity index (χ1v) is 9.48. The molecule has 160 valence electrons. The maximum Gasteiger partial charge on any atom is 0.255 e. The molecule has 1 aromatic carbocycles. The third kappa shape index (κ3) is 4.72. The van der Waals surface area contributed by atoms with Crippen LogP contribution in [0.15, 0.2) is 73.3 Å². The van der Waals surface area contributed by atoms with Gasteiger partial charge in [-0.3, -0.25) is 9.78 Å². The van der Waals surface area contributed by atoms with Crippen molar-refractivity contribution in [1.29, 1.82) is 0 Å². The molecule has 0 unspecified atom stereocenters. The summed E-state index contributed by atoms with van der Waals surface area (Å²) in [6.45, 7) is -0.612. The molecule has 4 aromatic rings. The van der Waals surface area contributed by atoms with E-state index < -0.39 is 24.2 Å². The second kappa shape index (κ2) is 9.25. The first-order valence-electron chi connectivity index (χ1n) is 9.48. The highest BCUT2D eigenvalue weighted by atomic mass is 19.1. The van der Waals surface area contributed by atoms with Gasteiger partial charge in [-0.1, -0.05) is 6.07 Å². The molecule has 0 aliphatic carbocycles. The molecule has 0 saturated heterocycles. The Balaban J connectivity index is 1.55. The first-order chi connectivity index (χ1) is 15.5. The van der Waals surface area contributed by atoms with Gasteiger partial charge in [-0.05, 0) is 36.4 Å². The van der Waals surface area contributed by atoms with E-state index in [1.165, 1.54) is 49.1 Å². The number of alkyl halides is 1. The number of carbonyl (C=O) groups excluding carboxylic acids is 1. The monoisotopic (exact) mass is 435 g/mol. The van der Waals surface area contributed by atoms with Crippen LogP contribution >= 0.6 is 0 Å². The number of nitrogens with zero attached hydrogens (tertiary/aromatic N) is 3. The number of rotatable bonds is 6. The Hall–Kier alpha value is -4.27. The van der Waals surface area contributed by atoms with E-state index in [1.54, 1.807) is 12.1 Å². The molecule has 0 spiro atoms. The molecule has 9 heteroatoms. The number of amides is 1. The average Bonchev–Trinajstić information content (AvgIpc) is 2.80. The zero-order valence-corrected chi connectivity index (χ0v) is 16.5. The summed E-state index contributed by atoms with van der Waals surface area (Å²) >= 11 is 0. The summed E-state index contributed by atoms with van der Waals surface area (Å²) in [4.78, 5) is 25.0. The Bertz CT molecular complexity index is 1260. The third-order valence-electron chi connectivity index (χ3n) is 4.55. The van der Waals surface area contributed by atoms with Crippen LogP contribution in [-0.4, -0.2) is 20.9 Å². The summed E-state index contributed by atoms with van der Waals surface area (Å²) in [5.41, 5.74) is 1.47. The highest BCUT2D eigenvalue weighted by Gasteiger charge is 2.14. The number of anilines is 3. The van der Waals surface area contributed by atoms with Crippen molar-refractivity contribution in [3.8, 4) is 11.1 Å². The molecule has 6 nitrogen and oxygen atoms in total. The minimum absolute atomic E-state index is 0.129. The van der Waals surface area contributed by atoms with Crippen molar-refractivity contribution in [3.63, 3.8) is 0 Å². The summed E-state index contributed by atoms with van der Waals surface area (Å²) in [5.74, 6) is -1.14. The van der Waals surface area contributed by atoms with E-state index in [4.69, 9.17) is 0 Å². The van der Waals surface area contributed by atoms with Gasteiger partial charge in [0.2, 0.25) is 0 Å². The molecular weight excluding hydrogens is 419 g/mol. The Morgan fingerprint density at radius 2 is 1.75 bits per heavy atom. The fraction of sp³-hybridized carbons (Fsp3) is 0.0435. The predicted molar refractivity (Wildman–Crippen MR) is 114 cm³/mol. The average molecular weight is 435 g/mol. The normalized spacial score (nSPS) is 10.6. The van der Waals surface area contributed by atoms with Gasteiger partial charge < -0.3 is 10.6 Å². The van der Waals surface area contributed by atoms with E-state index in [2.05, 4.69) is 25.6 Å². The minimum Gasteiger partial charge on any atom is -0.325 e. The summed E-state index contributed by atoms with van der Waals surface area (Å²) in [5, 5.41) is 5.64. The Kier molecular flexibility index (Phi) is 6.07. The number of hydrogen-bond acceptors (Lipinski definition) is 5. The standard InChI is InChI=1S/C23H16F3N5O/c24-11-14-1-4-21(29-12-14)31-22-9-15(5-8-28-22)23(32)30-20-13-27-7-6-18(20)17-3-2-16(25)10-19(17)26/h1-10,12-13H,11H2,(H,30,32)(H,28,29,31). The molecule has 0 atom stereocenters. The van der Waals surface area contributed by atoms with Crippen molar-refractivity contribution >= 4 is 23.2 Å². The molecule has 0 aliphatic rings. The molecule has 1 amide bonds. The topological polar surface area (TPSA) is 79.8 Å². The Morgan fingerprint density at radius 3 is 2.50 bits per heavy atom. The first kappa shape index (κ1) is 21.0. The van der Waals surface area contributed by atoms with E-state index in [0.717, 1.165) is 12.1 Å². The molecule has 0 aliphatic heterocycles. The number of halogens is 3. The lowest BCUT2D eigenvalue weighted by molar-refractivity contribution is 0.102. The molecule has 2 N–H and O–H groups in total. The Morgan fingerprint density at radius 1 is 0.875 bits per heavy atom. The number of aromatic nitrogens is 3. The van der Waals surface area contributed by atoms with Crippen LogP contribution in [-0.2, 0) is 6.67 Å². The number of pyridine rings is 3. The van der Waals surface area contributed by atoms with Crippen molar-refractivity contribution in [2.75, 3.05) is 10.6 Å². The molecule has 0 bridgehead atoms. The number of nitrogens with one attached hydrogen (secondary N) is 2. The molecule has 32 heavy (non-hydrogen) atoms. The highest BCUT2D eigenvalue weighted by Crippen LogP contribution is 2.30. The van der Waals surface area contributed by atoms with Gasteiger partial charge in [0.05, 0.1) is 11.9 Å². The van der Waals surface area contributed by atoms with E-state index in [-0.39, 0.29) is 16.8 Å². The van der Waals surface area contributed by atoms with Crippen molar-refractivity contribution < 1.29 is 18.0 Å². The van der Waals surface area contributed by atoms with Crippen LogP contribution in [0.3, 0.4) is 0 Å². The number of carbonyl (C=O) groups is 1. The van der Waals surface area contributed by atoms with Gasteiger partial charge in [-0.15, -0.1) is 0 Å². The molecule has 3 heterocycles. The maximum atomic E-state index is 14.3. The quantitative estimate of drug-likeness (QED) is 0.431. The maximum absolute atomic E-state index is 14.3. The molecule has 3 aromatic heterocycles. The van der Waals surface area contributed by atoms with Crippen LogP contribution < -0.4 is 10.6 Å². The number of benzene rings is 1. The van der Waals surface area contributed by atoms with Gasteiger partial charge in [0.25, 0.3) is 5.91 Å². The van der Waals surface area contributed by atoms with E-state index in [1.807, 2.05) is 0 Å². The van der Waals surface area contributed by atoms with Crippen LogP contribution in [0, 0.1) is 11.6 Å². The fourth-order valence-corrected chi connectivity index (χ4v) is 2.98. The second-order valence-corrected chi connectivity index (χ2v) is 6.74. The second-order valence-electron chi connectivity index (χ2n) is 6.74. The largest absolute Gasteiger partial charge is 0.325 e. The summed E-state index contributed by atoms with van der Waals surface area (Å²) in [7, 11) is 0. The van der Waals surface area contributed by atoms with E-state index in [0.29, 0.717) is 22.8 Å². The summed E-state index contributed by atoms with van der Waals surface area (Å²) < 4.78 is 40.2. The van der Waals surface area contributed by atoms with Crippen LogP contribution in [0.4, 0.5) is 30.5 Å². The highest BCUT2D eigenvalue weighted by molar-refractivity contribution is 6.06. The van der Waals surface area contributed by atoms with Crippen molar-refractivity contribution in [3.05, 3.63) is 96.1 Å². The fourth-order valence-electron chi connectivity index (χ4n) is 2.98. The van der Waals surface area contributed by atoms with Crippen LogP contribution in [0.5, 0.6) is 0 Å². The lowest BCUT2D eigenvalue weighted by Crippen LogP contribution is -2.13. The SMILES string of the molecule is O=C(Nc1cnccc1-c1ccc(F)cc1F)c1ccnc(Nc2ccc(CF)cn2)c1. The number of hydrogen-bond donors (Lipinski definition) is 2. The minimum atomic E-state index is -0.756. The Labute approximate surface area is 181 Å². The zero-order valence-electron chi connectivity index (χ0n) is 16.5. The summed E-state index contributed by atoms with van der Waals surface area (Å²) in [6, 6.07) is 10.9. The molecular formula is C23H16F3N5O. The van der Waals surface area contributed by atoms with E-state index in [9.17, 15) is 18.0 Å². The van der Waals surface area contributed by atoms with Gasteiger partial charge in [0.15, 0.2) is 0 Å². The van der Waals surface area contributed by atoms with Crippen molar-refractivity contribution in [1.82, 2.24) is 15.0 Å². The molecule has 4 rings (SSSR count). The lowest BCUT2D eigenvalue weighted by Gasteiger charge is -2.12. The molecule has 0 fully saturated rings. The third-order valence-corrected chi connectivity index (χ3v) is 4.55. The van der Waals surface area contributed by atoms with Gasteiger partial charge in [-0.2, -0.15) is 0 Å². The van der Waals surface area contributed by atoms with Crippen molar-refractivity contribution in [2.45, 2.75) is 6.67 Å². The van der Waals surface area contributed by atoms with Crippen LogP contribution in [0.2, 0.25) is 0 Å². The smallest absolute Gasteiger partial charge is 0.255 e. The van der Waals surface area contributed by atoms with Crippen LogP contribution in [0.25, 0.3) is 11.1 Å². The van der Waals surface area contributed by atoms with Gasteiger partial charge in [-0.25, -0.2) is 23.1 Å². The van der Waals surface area contributed by atoms with E-state index >= 15 is 0 Å². The summed E-state index contributed by atoms with van der Waals surface area (Å²) in [6.07, 6.45) is 5.67. The lowest BCUT2D eigenvalue weighted by atomic mass is 10.0. The molecule has 0 radical (unpaired) electrons. The molecule has 0 saturated carbocycles. The van der Waals surface area contributed by atoms with Crippen molar-refractivity contribution in [2.24, 2.45) is 0 Å². The predicted octanol–water partition coefficient (Wildman–Crippen LogP) is 5.28. The van der Waals surface area contributed by atoms with Gasteiger partial charge in [0, 0.05) is 46.9 Å². The van der Waals surface area contributed by atoms with Crippen LogP contribution in [0.1, 0.15) is 15.9 Å². The zero-order chi connectivity index (χ0) is 22.5. The van der Waals surface area contributed by atoms with Gasteiger partial charge in [0.1, 0.15) is 29.9 Å².